The van der Waals surface area contributed by atoms with E-state index in [2.05, 4.69) is 16.0 Å². The lowest BCUT2D eigenvalue weighted by Crippen LogP contribution is -2.36. The molecule has 1 atom stereocenters. The van der Waals surface area contributed by atoms with Crippen LogP contribution in [0.15, 0.2) is 78.1 Å². The number of benzene rings is 2. The number of amides is 2. The summed E-state index contributed by atoms with van der Waals surface area (Å²) in [6.07, 6.45) is 3.79. The highest BCUT2D eigenvalue weighted by Gasteiger charge is 2.22. The Balaban J connectivity index is 1.61. The molecule has 1 aliphatic carbocycles. The number of anilines is 2. The first-order valence-corrected chi connectivity index (χ1v) is 9.98. The highest BCUT2D eigenvalue weighted by atomic mass is 32.1. The minimum Gasteiger partial charge on any atom is -0.500 e. The molecular weight excluding hydrogens is 414 g/mol. The van der Waals surface area contributed by atoms with Crippen molar-refractivity contribution in [3.8, 4) is 0 Å². The molecule has 1 aliphatic rings. The number of carbonyl (C=O) groups excluding carboxylic acids is 2. The fraction of sp³-hybridized carbons (Fsp3) is 0.174. The van der Waals surface area contributed by atoms with Crippen LogP contribution in [0.2, 0.25) is 0 Å². The molecule has 8 heteroatoms. The second-order valence-corrected chi connectivity index (χ2v) is 7.10. The third-order valence-electron chi connectivity index (χ3n) is 4.60. The van der Waals surface area contributed by atoms with Gasteiger partial charge in [-0.05, 0) is 48.6 Å². The van der Waals surface area contributed by atoms with Gasteiger partial charge < -0.3 is 20.1 Å². The van der Waals surface area contributed by atoms with E-state index in [1.54, 1.807) is 67.8 Å². The standard InChI is InChI=1S/C23H23N3O4S/c1-29-18-11-12-19(20(14-18)30-2)22(28)26-23(31)25-17-10-6-9-16(13-17)24-21(27)15-7-4-3-5-8-15/h3-13,18H,14H2,1-2H3,(H,24,27)(H2,25,26,28,31). The van der Waals surface area contributed by atoms with Crippen LogP contribution in [-0.2, 0) is 14.3 Å². The van der Waals surface area contributed by atoms with E-state index in [0.29, 0.717) is 34.7 Å². The topological polar surface area (TPSA) is 88.7 Å². The van der Waals surface area contributed by atoms with Crippen molar-refractivity contribution in [1.82, 2.24) is 5.32 Å². The van der Waals surface area contributed by atoms with E-state index in [-0.39, 0.29) is 23.0 Å². The molecule has 0 bridgehead atoms. The van der Waals surface area contributed by atoms with Crippen LogP contribution in [0.3, 0.4) is 0 Å². The van der Waals surface area contributed by atoms with E-state index in [9.17, 15) is 9.59 Å². The van der Waals surface area contributed by atoms with Gasteiger partial charge in [0.25, 0.3) is 11.8 Å². The van der Waals surface area contributed by atoms with Crippen LogP contribution in [-0.4, -0.2) is 37.3 Å². The molecule has 1 unspecified atom stereocenters. The Hall–Kier alpha value is -3.49. The third-order valence-corrected chi connectivity index (χ3v) is 4.80. The largest absolute Gasteiger partial charge is 0.500 e. The smallest absolute Gasteiger partial charge is 0.260 e. The number of methoxy groups -OCH3 is 2. The zero-order chi connectivity index (χ0) is 22.2. The summed E-state index contributed by atoms with van der Waals surface area (Å²) in [6.45, 7) is 0. The number of nitrogens with one attached hydrogen (secondary N) is 3. The molecule has 31 heavy (non-hydrogen) atoms. The Morgan fingerprint density at radius 3 is 2.35 bits per heavy atom. The summed E-state index contributed by atoms with van der Waals surface area (Å²) < 4.78 is 10.6. The molecule has 0 aromatic heterocycles. The lowest BCUT2D eigenvalue weighted by molar-refractivity contribution is -0.116. The van der Waals surface area contributed by atoms with Crippen molar-refractivity contribution in [2.75, 3.05) is 24.9 Å². The van der Waals surface area contributed by atoms with Crippen LogP contribution in [0.1, 0.15) is 16.8 Å². The van der Waals surface area contributed by atoms with Crippen LogP contribution >= 0.6 is 12.2 Å². The third kappa shape index (κ3) is 6.00. The summed E-state index contributed by atoms with van der Waals surface area (Å²) in [4.78, 5) is 24.9. The molecule has 0 saturated carbocycles. The fourth-order valence-electron chi connectivity index (χ4n) is 3.02. The van der Waals surface area contributed by atoms with Gasteiger partial charge in [-0.2, -0.15) is 0 Å². The molecular formula is C23H23N3O4S. The summed E-state index contributed by atoms with van der Waals surface area (Å²) in [5.74, 6) is -0.0694. The van der Waals surface area contributed by atoms with E-state index in [4.69, 9.17) is 21.7 Å². The van der Waals surface area contributed by atoms with Crippen molar-refractivity contribution in [2.24, 2.45) is 0 Å². The summed E-state index contributed by atoms with van der Waals surface area (Å²) in [5.41, 5.74) is 2.17. The number of hydrogen-bond donors (Lipinski definition) is 3. The number of hydrogen-bond acceptors (Lipinski definition) is 5. The summed E-state index contributed by atoms with van der Waals surface area (Å²) >= 11 is 5.27. The maximum absolute atomic E-state index is 12.6. The first-order valence-electron chi connectivity index (χ1n) is 9.57. The average molecular weight is 438 g/mol. The quantitative estimate of drug-likeness (QED) is 0.598. The maximum atomic E-state index is 12.6. The van der Waals surface area contributed by atoms with Crippen LogP contribution < -0.4 is 16.0 Å². The van der Waals surface area contributed by atoms with Crippen molar-refractivity contribution >= 4 is 40.5 Å². The van der Waals surface area contributed by atoms with Crippen molar-refractivity contribution < 1.29 is 19.1 Å². The second-order valence-electron chi connectivity index (χ2n) is 6.69. The maximum Gasteiger partial charge on any atom is 0.260 e. The minimum atomic E-state index is -0.381. The average Bonchev–Trinajstić information content (AvgIpc) is 2.79. The van der Waals surface area contributed by atoms with E-state index in [0.717, 1.165) is 0 Å². The monoisotopic (exact) mass is 437 g/mol. The zero-order valence-electron chi connectivity index (χ0n) is 17.2. The number of thiocarbonyl (C=S) groups is 1. The summed E-state index contributed by atoms with van der Waals surface area (Å²) in [5, 5.41) is 8.56. The van der Waals surface area contributed by atoms with Crippen LogP contribution in [0.5, 0.6) is 0 Å². The van der Waals surface area contributed by atoms with Gasteiger partial charge in [0.1, 0.15) is 5.76 Å². The predicted octanol–water partition coefficient (Wildman–Crippen LogP) is 3.63. The van der Waals surface area contributed by atoms with Crippen LogP contribution in [0.4, 0.5) is 11.4 Å². The first kappa shape index (κ1) is 22.2. The molecule has 7 nitrogen and oxygen atoms in total. The van der Waals surface area contributed by atoms with Gasteiger partial charge in [-0.3, -0.25) is 14.9 Å². The van der Waals surface area contributed by atoms with Gasteiger partial charge in [0.15, 0.2) is 5.11 Å². The van der Waals surface area contributed by atoms with Gasteiger partial charge in [0.2, 0.25) is 0 Å². The highest BCUT2D eigenvalue weighted by Crippen LogP contribution is 2.22. The molecule has 0 saturated heterocycles. The van der Waals surface area contributed by atoms with E-state index in [1.807, 2.05) is 6.07 Å². The minimum absolute atomic E-state index is 0.127. The molecule has 160 valence electrons. The van der Waals surface area contributed by atoms with Crippen molar-refractivity contribution in [3.05, 3.63) is 83.6 Å². The predicted molar refractivity (Wildman–Crippen MR) is 124 cm³/mol. The molecule has 0 spiro atoms. The number of rotatable bonds is 6. The molecule has 0 aliphatic heterocycles. The SMILES string of the molecule is COC1=C(C(=O)NC(=S)Nc2cccc(NC(=O)c3ccccc3)c2)C=CC(OC)C1. The van der Waals surface area contributed by atoms with Gasteiger partial charge in [-0.15, -0.1) is 0 Å². The molecule has 2 aromatic rings. The Morgan fingerprint density at radius 2 is 1.68 bits per heavy atom. The molecule has 0 radical (unpaired) electrons. The lowest BCUT2D eigenvalue weighted by Gasteiger charge is -2.20. The molecule has 2 amide bonds. The van der Waals surface area contributed by atoms with E-state index in [1.165, 1.54) is 7.11 Å². The Bertz CT molecular complexity index is 1030. The van der Waals surface area contributed by atoms with Crippen molar-refractivity contribution in [1.29, 1.82) is 0 Å². The van der Waals surface area contributed by atoms with Crippen LogP contribution in [0, 0.1) is 0 Å². The molecule has 0 heterocycles. The molecule has 2 aromatic carbocycles. The Morgan fingerprint density at radius 1 is 0.968 bits per heavy atom. The van der Waals surface area contributed by atoms with E-state index >= 15 is 0 Å². The van der Waals surface area contributed by atoms with Crippen molar-refractivity contribution in [3.63, 3.8) is 0 Å². The van der Waals surface area contributed by atoms with Crippen molar-refractivity contribution in [2.45, 2.75) is 12.5 Å². The normalized spacial score (nSPS) is 15.2. The highest BCUT2D eigenvalue weighted by molar-refractivity contribution is 7.80. The van der Waals surface area contributed by atoms with Crippen LogP contribution in [0.25, 0.3) is 0 Å². The summed E-state index contributed by atoms with van der Waals surface area (Å²) in [7, 11) is 3.11. The fourth-order valence-corrected chi connectivity index (χ4v) is 3.23. The lowest BCUT2D eigenvalue weighted by atomic mass is 10.0. The molecule has 3 rings (SSSR count). The number of ether oxygens (including phenoxy) is 2. The molecule has 0 fully saturated rings. The second kappa shape index (κ2) is 10.5. The van der Waals surface area contributed by atoms with Gasteiger partial charge in [-0.1, -0.05) is 30.3 Å². The Kier molecular flexibility index (Phi) is 7.53. The first-order chi connectivity index (χ1) is 15.0. The van der Waals surface area contributed by atoms with Gasteiger partial charge >= 0.3 is 0 Å². The zero-order valence-corrected chi connectivity index (χ0v) is 18.0. The van der Waals surface area contributed by atoms with Gasteiger partial charge in [0.05, 0.1) is 18.8 Å². The van der Waals surface area contributed by atoms with Gasteiger partial charge in [0, 0.05) is 30.5 Å². The summed E-state index contributed by atoms with van der Waals surface area (Å²) in [6, 6.07) is 16.0. The molecule has 3 N–H and O–H groups in total. The van der Waals surface area contributed by atoms with Gasteiger partial charge in [-0.25, -0.2) is 0 Å². The Labute approximate surface area is 186 Å². The van der Waals surface area contributed by atoms with E-state index < -0.39 is 0 Å². The number of carbonyl (C=O) groups is 2.